The van der Waals surface area contributed by atoms with Crippen LogP contribution in [0.4, 0.5) is 17.1 Å². The topological polar surface area (TPSA) is 34.5 Å². The fourth-order valence-corrected chi connectivity index (χ4v) is 8.81. The van der Waals surface area contributed by atoms with Crippen LogP contribution >= 0.6 is 0 Å². The van der Waals surface area contributed by atoms with Crippen molar-refractivity contribution in [3.63, 3.8) is 0 Å². The summed E-state index contributed by atoms with van der Waals surface area (Å²) < 4.78 is 15.5. The van der Waals surface area contributed by atoms with E-state index in [4.69, 9.17) is 8.83 Å². The molecule has 0 radical (unpaired) electrons. The van der Waals surface area contributed by atoms with Gasteiger partial charge in [0.15, 0.2) is 5.58 Å². The number of aromatic nitrogens is 1. The number of hydrogen-bond donors (Lipinski definition) is 0. The van der Waals surface area contributed by atoms with Crippen molar-refractivity contribution >= 4 is 82.7 Å². The van der Waals surface area contributed by atoms with Gasteiger partial charge in [-0.3, -0.25) is 4.57 Å². The predicted octanol–water partition coefficient (Wildman–Crippen LogP) is 15.4. The average Bonchev–Trinajstić information content (AvgIpc) is 3.96. The zero-order valence-corrected chi connectivity index (χ0v) is 31.3. The minimum absolute atomic E-state index is 0.854. The van der Waals surface area contributed by atoms with E-state index in [1.54, 1.807) is 0 Å². The molecule has 3 aromatic heterocycles. The third kappa shape index (κ3) is 5.09. The van der Waals surface area contributed by atoms with Crippen LogP contribution in [-0.4, -0.2) is 4.57 Å². The van der Waals surface area contributed by atoms with Gasteiger partial charge in [0.25, 0.3) is 0 Å². The molecule has 272 valence electrons. The second-order valence-corrected chi connectivity index (χ2v) is 14.9. The first-order chi connectivity index (χ1) is 28.7. The van der Waals surface area contributed by atoms with Crippen LogP contribution < -0.4 is 4.90 Å². The van der Waals surface area contributed by atoms with Crippen molar-refractivity contribution in [3.8, 4) is 27.9 Å². The Morgan fingerprint density at radius 3 is 1.76 bits per heavy atom. The number of rotatable bonds is 6. The highest BCUT2D eigenvalue weighted by molar-refractivity contribution is 6.20. The van der Waals surface area contributed by atoms with Crippen molar-refractivity contribution in [3.05, 3.63) is 206 Å². The predicted molar refractivity (Wildman–Crippen MR) is 241 cm³/mol. The first-order valence-electron chi connectivity index (χ1n) is 19.7. The molecule has 0 spiro atoms. The van der Waals surface area contributed by atoms with Gasteiger partial charge >= 0.3 is 0 Å². The number of para-hydroxylation sites is 3. The van der Waals surface area contributed by atoms with Crippen molar-refractivity contribution in [1.29, 1.82) is 0 Å². The highest BCUT2D eigenvalue weighted by Gasteiger charge is 2.22. The first-order valence-corrected chi connectivity index (χ1v) is 19.7. The van der Waals surface area contributed by atoms with Gasteiger partial charge in [-0.25, -0.2) is 0 Å². The van der Waals surface area contributed by atoms with Crippen LogP contribution in [0.2, 0.25) is 0 Å². The first kappa shape index (κ1) is 32.4. The fraction of sp³-hybridized carbons (Fsp3) is 0. The van der Waals surface area contributed by atoms with Gasteiger partial charge in [0, 0.05) is 38.6 Å². The minimum atomic E-state index is 0.854. The van der Waals surface area contributed by atoms with E-state index >= 15 is 0 Å². The molecule has 0 N–H and O–H groups in total. The van der Waals surface area contributed by atoms with E-state index in [-0.39, 0.29) is 0 Å². The molecule has 0 fully saturated rings. The monoisotopic (exact) mass is 742 g/mol. The molecule has 0 amide bonds. The molecular formula is C54H34N2O2. The highest BCUT2D eigenvalue weighted by atomic mass is 16.3. The fourth-order valence-electron chi connectivity index (χ4n) is 8.81. The van der Waals surface area contributed by atoms with Gasteiger partial charge in [0.2, 0.25) is 5.71 Å². The molecular weight excluding hydrogens is 709 g/mol. The molecule has 12 aromatic rings. The summed E-state index contributed by atoms with van der Waals surface area (Å²) in [5.41, 5.74) is 13.4. The van der Waals surface area contributed by atoms with Gasteiger partial charge in [0.1, 0.15) is 11.2 Å². The quantitative estimate of drug-likeness (QED) is 0.170. The van der Waals surface area contributed by atoms with Crippen LogP contribution in [-0.2, 0) is 0 Å². The van der Waals surface area contributed by atoms with Crippen molar-refractivity contribution in [2.45, 2.75) is 0 Å². The molecule has 0 saturated heterocycles. The Hall–Kier alpha value is -7.82. The summed E-state index contributed by atoms with van der Waals surface area (Å²) in [6.07, 6.45) is 0. The maximum absolute atomic E-state index is 6.64. The lowest BCUT2D eigenvalue weighted by molar-refractivity contribution is 0.645. The van der Waals surface area contributed by atoms with E-state index in [1.165, 1.54) is 21.9 Å². The molecule has 12 rings (SSSR count). The third-order valence-electron chi connectivity index (χ3n) is 11.6. The van der Waals surface area contributed by atoms with Gasteiger partial charge in [-0.2, -0.15) is 0 Å². The number of fused-ring (bicyclic) bond motifs is 9. The summed E-state index contributed by atoms with van der Waals surface area (Å²) in [6.45, 7) is 0. The lowest BCUT2D eigenvalue weighted by Gasteiger charge is -2.26. The minimum Gasteiger partial charge on any atom is -0.454 e. The standard InChI is InChI=1S/C54H34N2O2/c1-2-11-35(12-3-1)37-21-27-41(28-22-37)55(49-18-10-17-45-44-15-6-8-19-50(44)57-53(45)49)42-29-23-38(24-30-42)40-26-32-48-47(34-40)52-46-16-7-9-20-51(46)58-54(52)56(48)43-31-25-36-13-4-5-14-39(36)33-43/h1-34H. The molecule has 0 aliphatic heterocycles. The SMILES string of the molecule is c1ccc(-c2ccc(N(c3ccc(-c4ccc5c(c4)c4c6ccccc6oc4n5-c4ccc5ccccc5c4)cc3)c3cccc4c3oc3ccccc34)cc2)cc1. The Labute approximate surface area is 334 Å². The molecule has 0 saturated carbocycles. The second-order valence-electron chi connectivity index (χ2n) is 14.9. The van der Waals surface area contributed by atoms with Crippen LogP contribution in [0.25, 0.3) is 93.6 Å². The largest absolute Gasteiger partial charge is 0.454 e. The molecule has 4 nitrogen and oxygen atoms in total. The summed E-state index contributed by atoms with van der Waals surface area (Å²) in [6, 6.07) is 73.2. The Morgan fingerprint density at radius 1 is 0.379 bits per heavy atom. The third-order valence-corrected chi connectivity index (χ3v) is 11.6. The smallest absolute Gasteiger partial charge is 0.213 e. The summed E-state index contributed by atoms with van der Waals surface area (Å²) in [5.74, 6) is 0. The molecule has 0 aliphatic carbocycles. The van der Waals surface area contributed by atoms with Gasteiger partial charge in [0.05, 0.1) is 16.6 Å². The number of anilines is 3. The Kier molecular flexibility index (Phi) is 7.20. The Balaban J connectivity index is 0.996. The summed E-state index contributed by atoms with van der Waals surface area (Å²) in [7, 11) is 0. The zero-order chi connectivity index (χ0) is 38.2. The van der Waals surface area contributed by atoms with Crippen LogP contribution in [0.15, 0.2) is 215 Å². The molecule has 9 aromatic carbocycles. The van der Waals surface area contributed by atoms with Gasteiger partial charge in [-0.1, -0.05) is 140 Å². The van der Waals surface area contributed by atoms with E-state index in [1.807, 2.05) is 18.2 Å². The number of benzene rings is 9. The van der Waals surface area contributed by atoms with E-state index in [0.717, 1.165) is 88.8 Å². The van der Waals surface area contributed by atoms with Gasteiger partial charge in [-0.05, 0) is 99.8 Å². The van der Waals surface area contributed by atoms with Crippen LogP contribution in [0.1, 0.15) is 0 Å². The molecule has 0 atom stereocenters. The van der Waals surface area contributed by atoms with Gasteiger partial charge < -0.3 is 13.7 Å². The van der Waals surface area contributed by atoms with Crippen LogP contribution in [0.3, 0.4) is 0 Å². The van der Waals surface area contributed by atoms with E-state index in [2.05, 4.69) is 198 Å². The Morgan fingerprint density at radius 2 is 0.983 bits per heavy atom. The van der Waals surface area contributed by atoms with E-state index in [9.17, 15) is 0 Å². The Bertz CT molecular complexity index is 3500. The van der Waals surface area contributed by atoms with Gasteiger partial charge in [-0.15, -0.1) is 0 Å². The summed E-state index contributed by atoms with van der Waals surface area (Å²) in [4.78, 5) is 2.30. The van der Waals surface area contributed by atoms with Crippen molar-refractivity contribution in [2.75, 3.05) is 4.90 Å². The number of furan rings is 2. The number of hydrogen-bond acceptors (Lipinski definition) is 3. The maximum Gasteiger partial charge on any atom is 0.213 e. The lowest BCUT2D eigenvalue weighted by atomic mass is 10.0. The van der Waals surface area contributed by atoms with Crippen LogP contribution in [0, 0.1) is 0 Å². The van der Waals surface area contributed by atoms with Crippen molar-refractivity contribution < 1.29 is 8.83 Å². The zero-order valence-electron chi connectivity index (χ0n) is 31.3. The molecule has 3 heterocycles. The maximum atomic E-state index is 6.64. The molecule has 58 heavy (non-hydrogen) atoms. The normalized spacial score (nSPS) is 11.8. The van der Waals surface area contributed by atoms with E-state index in [0.29, 0.717) is 0 Å². The van der Waals surface area contributed by atoms with E-state index < -0.39 is 0 Å². The van der Waals surface area contributed by atoms with Crippen molar-refractivity contribution in [2.24, 2.45) is 0 Å². The number of nitrogens with zero attached hydrogens (tertiary/aromatic N) is 2. The van der Waals surface area contributed by atoms with Crippen molar-refractivity contribution in [1.82, 2.24) is 4.57 Å². The molecule has 4 heteroatoms. The van der Waals surface area contributed by atoms with Crippen LogP contribution in [0.5, 0.6) is 0 Å². The molecule has 0 bridgehead atoms. The second kappa shape index (κ2) is 12.9. The highest BCUT2D eigenvalue weighted by Crippen LogP contribution is 2.44. The molecule has 0 unspecified atom stereocenters. The molecule has 0 aliphatic rings. The summed E-state index contributed by atoms with van der Waals surface area (Å²) >= 11 is 0. The average molecular weight is 743 g/mol. The summed E-state index contributed by atoms with van der Waals surface area (Å²) in [5, 5.41) is 8.01. The lowest BCUT2D eigenvalue weighted by Crippen LogP contribution is -2.10.